The lowest BCUT2D eigenvalue weighted by Gasteiger charge is -2.29. The normalized spacial score (nSPS) is 13.9. The van der Waals surface area contributed by atoms with E-state index in [1.807, 2.05) is 12.1 Å². The number of hydrogen-bond acceptors (Lipinski definition) is 3. The maximum atomic E-state index is 13.5. The standard InChI is InChI=1S/C17H13FN4/c18-11-1-4-16-14(7-11)15-10-22(6-5-17(15)21-16)13-3-2-12(8-19)20-9-13/h1-4,7,9,21H,5-6,10H2. The summed E-state index contributed by atoms with van der Waals surface area (Å²) in [5.41, 5.74) is 4.70. The summed E-state index contributed by atoms with van der Waals surface area (Å²) < 4.78 is 13.5. The third-order valence-corrected chi connectivity index (χ3v) is 4.16. The van der Waals surface area contributed by atoms with Crippen LogP contribution >= 0.6 is 0 Å². The molecule has 0 saturated carbocycles. The van der Waals surface area contributed by atoms with E-state index < -0.39 is 0 Å². The molecule has 0 aliphatic carbocycles. The first-order chi connectivity index (χ1) is 10.7. The van der Waals surface area contributed by atoms with E-state index in [1.54, 1.807) is 24.4 Å². The smallest absolute Gasteiger partial charge is 0.140 e. The van der Waals surface area contributed by atoms with Gasteiger partial charge in [-0.2, -0.15) is 5.26 Å². The van der Waals surface area contributed by atoms with Gasteiger partial charge in [-0.15, -0.1) is 0 Å². The molecule has 2 aromatic heterocycles. The van der Waals surface area contributed by atoms with E-state index >= 15 is 0 Å². The van der Waals surface area contributed by atoms with Crippen molar-refractivity contribution in [3.8, 4) is 6.07 Å². The number of H-pyrrole nitrogens is 1. The number of anilines is 1. The highest BCUT2D eigenvalue weighted by atomic mass is 19.1. The number of hydrogen-bond donors (Lipinski definition) is 1. The van der Waals surface area contributed by atoms with Crippen molar-refractivity contribution in [1.82, 2.24) is 9.97 Å². The first-order valence-corrected chi connectivity index (χ1v) is 7.14. The second kappa shape index (κ2) is 4.85. The number of nitrogens with one attached hydrogen (secondary N) is 1. The summed E-state index contributed by atoms with van der Waals surface area (Å²) in [5.74, 6) is -0.216. The highest BCUT2D eigenvalue weighted by Crippen LogP contribution is 2.30. The third-order valence-electron chi connectivity index (χ3n) is 4.16. The number of fused-ring (bicyclic) bond motifs is 3. The summed E-state index contributed by atoms with van der Waals surface area (Å²) in [6.45, 7) is 1.59. The van der Waals surface area contributed by atoms with Crippen molar-refractivity contribution in [2.75, 3.05) is 11.4 Å². The van der Waals surface area contributed by atoms with Gasteiger partial charge in [-0.05, 0) is 30.3 Å². The molecule has 0 fully saturated rings. The molecular weight excluding hydrogens is 279 g/mol. The van der Waals surface area contributed by atoms with Gasteiger partial charge in [0.05, 0.1) is 11.9 Å². The number of nitriles is 1. The van der Waals surface area contributed by atoms with Crippen LogP contribution in [0.4, 0.5) is 10.1 Å². The van der Waals surface area contributed by atoms with Crippen molar-refractivity contribution in [2.45, 2.75) is 13.0 Å². The van der Waals surface area contributed by atoms with Gasteiger partial charge in [0.2, 0.25) is 0 Å². The second-order valence-corrected chi connectivity index (χ2v) is 5.46. The minimum absolute atomic E-state index is 0.216. The zero-order valence-electron chi connectivity index (χ0n) is 11.8. The van der Waals surface area contributed by atoms with Crippen LogP contribution in [0.2, 0.25) is 0 Å². The van der Waals surface area contributed by atoms with E-state index in [0.29, 0.717) is 12.2 Å². The highest BCUT2D eigenvalue weighted by molar-refractivity contribution is 5.85. The fourth-order valence-electron chi connectivity index (χ4n) is 3.05. The van der Waals surface area contributed by atoms with E-state index in [2.05, 4.69) is 14.9 Å². The van der Waals surface area contributed by atoms with Crippen LogP contribution in [0.5, 0.6) is 0 Å². The Hall–Kier alpha value is -2.87. The van der Waals surface area contributed by atoms with Crippen molar-refractivity contribution >= 4 is 16.6 Å². The lowest BCUT2D eigenvalue weighted by Crippen LogP contribution is -2.30. The van der Waals surface area contributed by atoms with Gasteiger partial charge in [0.1, 0.15) is 17.6 Å². The minimum Gasteiger partial charge on any atom is -0.365 e. The molecule has 4 nitrogen and oxygen atoms in total. The van der Waals surface area contributed by atoms with Gasteiger partial charge >= 0.3 is 0 Å². The molecular formula is C17H13FN4. The fraction of sp³-hybridized carbons (Fsp3) is 0.176. The molecule has 0 amide bonds. The van der Waals surface area contributed by atoms with Crippen LogP contribution < -0.4 is 4.90 Å². The summed E-state index contributed by atoms with van der Waals surface area (Å²) in [7, 11) is 0. The van der Waals surface area contributed by atoms with Crippen LogP contribution in [-0.2, 0) is 13.0 Å². The number of rotatable bonds is 1. The predicted octanol–water partition coefficient (Wildman–Crippen LogP) is 3.14. The topological polar surface area (TPSA) is 55.7 Å². The summed E-state index contributed by atoms with van der Waals surface area (Å²) in [6.07, 6.45) is 2.60. The van der Waals surface area contributed by atoms with Crippen LogP contribution in [0, 0.1) is 17.1 Å². The number of halogens is 1. The molecule has 4 rings (SSSR count). The molecule has 0 bridgehead atoms. The van der Waals surface area contributed by atoms with Gasteiger partial charge in [0.25, 0.3) is 0 Å². The molecule has 0 unspecified atom stereocenters. The predicted molar refractivity (Wildman–Crippen MR) is 82.0 cm³/mol. The quantitative estimate of drug-likeness (QED) is 0.749. The van der Waals surface area contributed by atoms with E-state index in [4.69, 9.17) is 5.26 Å². The average molecular weight is 292 g/mol. The number of pyridine rings is 1. The van der Waals surface area contributed by atoms with Crippen molar-refractivity contribution in [3.63, 3.8) is 0 Å². The molecule has 0 atom stereocenters. The molecule has 0 spiro atoms. The van der Waals surface area contributed by atoms with Crippen LogP contribution in [0.15, 0.2) is 36.5 Å². The maximum absolute atomic E-state index is 13.5. The van der Waals surface area contributed by atoms with Gasteiger partial charge in [0.15, 0.2) is 0 Å². The first kappa shape index (κ1) is 12.8. The molecule has 0 saturated heterocycles. The second-order valence-electron chi connectivity index (χ2n) is 5.46. The highest BCUT2D eigenvalue weighted by Gasteiger charge is 2.21. The Balaban J connectivity index is 1.72. The number of nitrogens with zero attached hydrogens (tertiary/aromatic N) is 3. The fourth-order valence-corrected chi connectivity index (χ4v) is 3.05. The Labute approximate surface area is 126 Å². The van der Waals surface area contributed by atoms with Crippen molar-refractivity contribution in [1.29, 1.82) is 5.26 Å². The maximum Gasteiger partial charge on any atom is 0.140 e. The van der Waals surface area contributed by atoms with Crippen LogP contribution in [0.1, 0.15) is 17.0 Å². The van der Waals surface area contributed by atoms with Gasteiger partial charge in [-0.25, -0.2) is 9.37 Å². The summed E-state index contributed by atoms with van der Waals surface area (Å²) in [5, 5.41) is 9.77. The number of aromatic amines is 1. The molecule has 3 heterocycles. The Morgan fingerprint density at radius 3 is 2.95 bits per heavy atom. The summed E-state index contributed by atoms with van der Waals surface area (Å²) in [6, 6.07) is 10.5. The third kappa shape index (κ3) is 2.01. The monoisotopic (exact) mass is 292 g/mol. The van der Waals surface area contributed by atoms with E-state index in [9.17, 15) is 4.39 Å². The van der Waals surface area contributed by atoms with Crippen molar-refractivity contribution in [3.05, 3.63) is 59.3 Å². The van der Waals surface area contributed by atoms with Gasteiger partial charge in [0, 0.05) is 41.7 Å². The lowest BCUT2D eigenvalue weighted by molar-refractivity contribution is 0.629. The zero-order valence-corrected chi connectivity index (χ0v) is 11.8. The van der Waals surface area contributed by atoms with E-state index in [-0.39, 0.29) is 5.82 Å². The van der Waals surface area contributed by atoms with E-state index in [1.165, 1.54) is 11.8 Å². The minimum atomic E-state index is -0.216. The average Bonchev–Trinajstić information content (AvgIpc) is 2.92. The molecule has 1 N–H and O–H groups in total. The van der Waals surface area contributed by atoms with Crippen molar-refractivity contribution in [2.24, 2.45) is 0 Å². The van der Waals surface area contributed by atoms with Crippen LogP contribution in [0.3, 0.4) is 0 Å². The molecule has 5 heteroatoms. The Morgan fingerprint density at radius 2 is 2.18 bits per heavy atom. The molecule has 3 aromatic rings. The number of aromatic nitrogens is 2. The number of benzene rings is 1. The molecule has 1 aromatic carbocycles. The van der Waals surface area contributed by atoms with Gasteiger partial charge in [-0.1, -0.05) is 0 Å². The van der Waals surface area contributed by atoms with Gasteiger partial charge in [-0.3, -0.25) is 0 Å². The van der Waals surface area contributed by atoms with Crippen LogP contribution in [-0.4, -0.2) is 16.5 Å². The largest absolute Gasteiger partial charge is 0.365 e. The van der Waals surface area contributed by atoms with E-state index in [0.717, 1.165) is 35.1 Å². The Bertz CT molecular complexity index is 889. The lowest BCUT2D eigenvalue weighted by atomic mass is 10.0. The summed E-state index contributed by atoms with van der Waals surface area (Å²) >= 11 is 0. The zero-order chi connectivity index (χ0) is 15.1. The molecule has 22 heavy (non-hydrogen) atoms. The van der Waals surface area contributed by atoms with Crippen molar-refractivity contribution < 1.29 is 4.39 Å². The molecule has 0 radical (unpaired) electrons. The Kier molecular flexibility index (Phi) is 2.83. The SMILES string of the molecule is N#Cc1ccc(N2CCc3[nH]c4ccc(F)cc4c3C2)cn1. The van der Waals surface area contributed by atoms with Gasteiger partial charge < -0.3 is 9.88 Å². The van der Waals surface area contributed by atoms with Crippen LogP contribution in [0.25, 0.3) is 10.9 Å². The molecule has 1 aliphatic heterocycles. The Morgan fingerprint density at radius 1 is 1.27 bits per heavy atom. The first-order valence-electron chi connectivity index (χ1n) is 7.14. The summed E-state index contributed by atoms with van der Waals surface area (Å²) in [4.78, 5) is 9.71. The molecule has 108 valence electrons. The molecule has 1 aliphatic rings.